The Morgan fingerprint density at radius 2 is 0.458 bits per heavy atom. The smallest absolute Gasteiger partial charge is 0.306 e. The van der Waals surface area contributed by atoms with Crippen molar-refractivity contribution < 1.29 is 130 Å². The molecule has 0 fully saturated rings. The molecular formula is C90H159NO27. The Bertz CT molecular complexity index is 2560. The van der Waals surface area contributed by atoms with Crippen LogP contribution in [0.2, 0.25) is 0 Å². The van der Waals surface area contributed by atoms with Gasteiger partial charge in [-0.1, -0.05) is 195 Å². The lowest BCUT2D eigenvalue weighted by molar-refractivity contribution is -0.144. The van der Waals surface area contributed by atoms with E-state index in [9.17, 15) is 72.5 Å². The Balaban J connectivity index is 0. The Hall–Kier alpha value is -5.69. The summed E-state index contributed by atoms with van der Waals surface area (Å²) in [7, 11) is 0. The SMILES string of the molecule is CC(C)C(=O)COCCOCCCC(=O)COCCOCCCC(=O)CC[C@H](CC(=O)CCCCCCCCCCCCCCCCC(=O)O)C(=O)O.CC(C)C(=O)COCCOCCNC(=O)COCCOCCCC(=O)COCCOCCCC(=O)CC[C@H](CC(=O)CCCCCCCCCCCCCCCCCCC(=O)O)C(=O)O. The number of unbranched alkanes of at least 4 members (excludes halogenated alkanes) is 28. The van der Waals surface area contributed by atoms with E-state index in [2.05, 4.69) is 5.32 Å². The summed E-state index contributed by atoms with van der Waals surface area (Å²) in [6.45, 7) is 12.4. The van der Waals surface area contributed by atoms with Crippen LogP contribution >= 0.6 is 0 Å². The number of carboxylic acids is 4. The molecule has 686 valence electrons. The molecule has 28 nitrogen and oxygen atoms in total. The summed E-state index contributed by atoms with van der Waals surface area (Å²) in [5, 5.41) is 39.2. The Kier molecular flexibility index (Phi) is 83.6. The first-order valence-electron chi connectivity index (χ1n) is 45.0. The predicted octanol–water partition coefficient (Wildman–Crippen LogP) is 15.4. The number of hydrogen-bond donors (Lipinski definition) is 5. The molecule has 28 heteroatoms. The Morgan fingerprint density at radius 1 is 0.229 bits per heavy atom. The lowest BCUT2D eigenvalue weighted by Gasteiger charge is -2.11. The van der Waals surface area contributed by atoms with Gasteiger partial charge in [-0.3, -0.25) is 62.3 Å². The molecule has 0 aliphatic carbocycles. The van der Waals surface area contributed by atoms with Gasteiger partial charge in [-0.25, -0.2) is 0 Å². The standard InChI is InChI=1S/C49H87NO15.C41H72O12/c1-41(2)46(54)39-64-35-33-62-30-27-50-47(55)40-65-36-32-61-29-20-23-45(53)38-63-34-31-60-28-19-22-43(51)26-25-42(49(58)59)37-44(52)21-17-15-13-11-9-7-5-3-4-6-8-10-12-14-16-18-24-48(56)57;1-34(2)39(45)33-53-30-28-51-26-18-21-38(44)32-52-29-27-50-25-17-20-36(42)24-23-35(41(48)49)31-37(43)19-15-13-11-9-7-5-3-4-6-8-10-12-14-16-22-40(46)47/h41-42H,3-40H2,1-2H3,(H,50,55)(H,56,57)(H,58,59);34-35H,3-33H2,1-2H3,(H,46,47)(H,48,49)/t42-;35-/m11/s1. The van der Waals surface area contributed by atoms with Gasteiger partial charge in [-0.15, -0.1) is 0 Å². The summed E-state index contributed by atoms with van der Waals surface area (Å²) in [5.41, 5.74) is 0. The first-order valence-corrected chi connectivity index (χ1v) is 45.0. The summed E-state index contributed by atoms with van der Waals surface area (Å²) >= 11 is 0. The summed E-state index contributed by atoms with van der Waals surface area (Å²) in [6.07, 6.45) is 38.7. The van der Waals surface area contributed by atoms with Crippen LogP contribution in [0.5, 0.6) is 0 Å². The van der Waals surface area contributed by atoms with E-state index in [0.29, 0.717) is 131 Å². The zero-order chi connectivity index (χ0) is 87.4. The molecule has 0 aliphatic heterocycles. The molecular weight excluding hydrogens is 1530 g/mol. The second-order valence-electron chi connectivity index (χ2n) is 31.5. The number of aliphatic carboxylic acids is 4. The second-order valence-corrected chi connectivity index (χ2v) is 31.5. The van der Waals surface area contributed by atoms with Crippen molar-refractivity contribution in [3.05, 3.63) is 0 Å². The predicted molar refractivity (Wildman–Crippen MR) is 450 cm³/mol. The van der Waals surface area contributed by atoms with Gasteiger partial charge in [0.1, 0.15) is 56.2 Å². The van der Waals surface area contributed by atoms with Gasteiger partial charge in [-0.2, -0.15) is 0 Å². The van der Waals surface area contributed by atoms with Crippen LogP contribution in [0.15, 0.2) is 0 Å². The maximum atomic E-state index is 12.5. The number of rotatable bonds is 94. The van der Waals surface area contributed by atoms with Crippen LogP contribution in [0.1, 0.15) is 336 Å². The molecule has 5 N–H and O–H groups in total. The molecule has 0 heterocycles. The molecule has 0 saturated heterocycles. The molecule has 2 atom stereocenters. The lowest BCUT2D eigenvalue weighted by atomic mass is 9.93. The van der Waals surface area contributed by atoms with Crippen molar-refractivity contribution in [2.45, 2.75) is 336 Å². The van der Waals surface area contributed by atoms with Gasteiger partial charge < -0.3 is 73.1 Å². The van der Waals surface area contributed by atoms with Crippen LogP contribution < -0.4 is 5.32 Å². The van der Waals surface area contributed by atoms with E-state index in [1.165, 1.54) is 103 Å². The topological polar surface area (TPSA) is 407 Å². The fourth-order valence-corrected chi connectivity index (χ4v) is 12.4. The van der Waals surface area contributed by atoms with E-state index in [-0.39, 0.29) is 188 Å². The van der Waals surface area contributed by atoms with Crippen molar-refractivity contribution in [2.24, 2.45) is 23.7 Å². The minimum absolute atomic E-state index is 0.000497. The number of ketones is 8. The average molecular weight is 1690 g/mol. The van der Waals surface area contributed by atoms with E-state index < -0.39 is 35.7 Å². The number of Topliss-reactive ketones (excluding diaryl/α,β-unsaturated/α-hetero) is 8. The van der Waals surface area contributed by atoms with Gasteiger partial charge in [-0.05, 0) is 64.2 Å². The number of nitrogens with one attached hydrogen (secondary N) is 1. The fraction of sp³-hybridized carbons (Fsp3) is 0.856. The lowest BCUT2D eigenvalue weighted by Crippen LogP contribution is -2.31. The van der Waals surface area contributed by atoms with Gasteiger partial charge in [0, 0.05) is 122 Å². The Morgan fingerprint density at radius 3 is 0.729 bits per heavy atom. The molecule has 0 aromatic rings. The molecule has 0 unspecified atom stereocenters. The van der Waals surface area contributed by atoms with Crippen molar-refractivity contribution in [3.8, 4) is 0 Å². The molecule has 0 radical (unpaired) electrons. The largest absolute Gasteiger partial charge is 0.481 e. The first-order chi connectivity index (χ1) is 56.9. The quantitative estimate of drug-likeness (QED) is 0.0353. The zero-order valence-electron chi connectivity index (χ0n) is 73.3. The minimum atomic E-state index is -1.04. The van der Waals surface area contributed by atoms with Gasteiger partial charge in [0.2, 0.25) is 5.91 Å². The molecule has 0 aliphatic rings. The fourth-order valence-electron chi connectivity index (χ4n) is 12.4. The van der Waals surface area contributed by atoms with Gasteiger partial charge >= 0.3 is 23.9 Å². The van der Waals surface area contributed by atoms with Crippen LogP contribution in [0.4, 0.5) is 0 Å². The van der Waals surface area contributed by atoms with Gasteiger partial charge in [0.15, 0.2) is 23.1 Å². The van der Waals surface area contributed by atoms with E-state index in [1.807, 2.05) is 27.7 Å². The van der Waals surface area contributed by atoms with E-state index >= 15 is 0 Å². The average Bonchev–Trinajstić information content (AvgIpc) is 0.932. The van der Waals surface area contributed by atoms with Crippen LogP contribution in [0, 0.1) is 23.7 Å². The van der Waals surface area contributed by atoms with Crippen molar-refractivity contribution in [1.82, 2.24) is 5.32 Å². The van der Waals surface area contributed by atoms with Crippen molar-refractivity contribution in [3.63, 3.8) is 0 Å². The van der Waals surface area contributed by atoms with Crippen LogP contribution in [-0.2, 0) is 110 Å². The number of ether oxygens (including phenoxy) is 10. The summed E-state index contributed by atoms with van der Waals surface area (Å²) in [5.74, 6) is -5.72. The maximum Gasteiger partial charge on any atom is 0.306 e. The van der Waals surface area contributed by atoms with E-state index in [1.54, 1.807) is 0 Å². The molecule has 0 spiro atoms. The van der Waals surface area contributed by atoms with Crippen molar-refractivity contribution >= 4 is 76.1 Å². The van der Waals surface area contributed by atoms with Crippen molar-refractivity contribution in [2.75, 3.05) is 139 Å². The van der Waals surface area contributed by atoms with Gasteiger partial charge in [0.05, 0.1) is 84.5 Å². The molecule has 0 saturated carbocycles. The van der Waals surface area contributed by atoms with Gasteiger partial charge in [0.25, 0.3) is 0 Å². The number of carbonyl (C=O) groups is 13. The number of carboxylic acid groups (broad SMARTS) is 4. The number of amides is 1. The number of carbonyl (C=O) groups excluding carboxylic acids is 9. The Labute approximate surface area is 706 Å². The third-order valence-corrected chi connectivity index (χ3v) is 19.8. The zero-order valence-corrected chi connectivity index (χ0v) is 73.3. The monoisotopic (exact) mass is 1690 g/mol. The third kappa shape index (κ3) is 86.7. The molecule has 1 amide bonds. The minimum Gasteiger partial charge on any atom is -0.481 e. The highest BCUT2D eigenvalue weighted by Crippen LogP contribution is 2.21. The highest BCUT2D eigenvalue weighted by molar-refractivity contribution is 5.86. The molecule has 0 rings (SSSR count). The first kappa shape index (κ1) is 114. The molecule has 0 bridgehead atoms. The molecule has 118 heavy (non-hydrogen) atoms. The van der Waals surface area contributed by atoms with E-state index in [0.717, 1.165) is 89.9 Å². The summed E-state index contributed by atoms with van der Waals surface area (Å²) < 4.78 is 53.6. The van der Waals surface area contributed by atoms with Crippen LogP contribution in [0.25, 0.3) is 0 Å². The molecule has 0 aromatic heterocycles. The molecule has 0 aromatic carbocycles. The highest BCUT2D eigenvalue weighted by atomic mass is 16.5. The van der Waals surface area contributed by atoms with Crippen LogP contribution in [-0.4, -0.2) is 235 Å². The normalized spacial score (nSPS) is 11.8. The van der Waals surface area contributed by atoms with Crippen LogP contribution in [0.3, 0.4) is 0 Å². The second kappa shape index (κ2) is 86.3. The maximum absolute atomic E-state index is 12.5. The van der Waals surface area contributed by atoms with E-state index in [4.69, 9.17) is 57.6 Å². The number of hydrogen-bond acceptors (Lipinski definition) is 23. The third-order valence-electron chi connectivity index (χ3n) is 19.8. The summed E-state index contributed by atoms with van der Waals surface area (Å²) in [4.78, 5) is 153. The summed E-state index contributed by atoms with van der Waals surface area (Å²) in [6, 6.07) is 0. The highest BCUT2D eigenvalue weighted by Gasteiger charge is 2.24. The van der Waals surface area contributed by atoms with Crippen molar-refractivity contribution in [1.29, 1.82) is 0 Å².